The fraction of sp³-hybridized carbons (Fsp3) is 0.111. The van der Waals surface area contributed by atoms with Crippen LogP contribution in [-0.4, -0.2) is 19.0 Å². The number of hydrogen-bond donors (Lipinski definition) is 1. The number of carbonyl (C=O) groups is 2. The van der Waals surface area contributed by atoms with E-state index < -0.39 is 5.97 Å². The monoisotopic (exact) mass is 423 g/mol. The molecule has 5 heteroatoms. The highest BCUT2D eigenvalue weighted by Crippen LogP contribution is 2.23. The zero-order valence-corrected chi connectivity index (χ0v) is 17.8. The van der Waals surface area contributed by atoms with Gasteiger partial charge in [-0.2, -0.15) is 0 Å². The van der Waals surface area contributed by atoms with Gasteiger partial charge in [-0.15, -0.1) is 0 Å². The van der Waals surface area contributed by atoms with Gasteiger partial charge in [-0.05, 0) is 55.0 Å². The second-order valence-corrected chi connectivity index (χ2v) is 7.39. The van der Waals surface area contributed by atoms with Gasteiger partial charge in [0.15, 0.2) is 0 Å². The molecule has 1 heterocycles. The Kier molecular flexibility index (Phi) is 6.05. The number of ether oxygens (including phenoxy) is 1. The van der Waals surface area contributed by atoms with E-state index in [9.17, 15) is 9.59 Å². The van der Waals surface area contributed by atoms with Gasteiger partial charge in [-0.3, -0.25) is 4.79 Å². The zero-order chi connectivity index (χ0) is 22.5. The van der Waals surface area contributed by atoms with Crippen LogP contribution >= 0.6 is 0 Å². The fourth-order valence-electron chi connectivity index (χ4n) is 3.37. The van der Waals surface area contributed by atoms with Crippen LogP contribution in [0.15, 0.2) is 77.4 Å². The summed E-state index contributed by atoms with van der Waals surface area (Å²) in [6.07, 6.45) is 1.85. The molecule has 4 aromatic rings. The fourth-order valence-corrected chi connectivity index (χ4v) is 3.37. The van der Waals surface area contributed by atoms with Gasteiger partial charge in [0.2, 0.25) is 5.91 Å². The van der Waals surface area contributed by atoms with Crippen LogP contribution < -0.4 is 5.32 Å². The summed E-state index contributed by atoms with van der Waals surface area (Å²) in [4.78, 5) is 24.2. The van der Waals surface area contributed by atoms with E-state index in [1.807, 2.05) is 55.5 Å². The molecule has 158 valence electrons. The molecular formula is C27H21NO4. The molecule has 0 unspecified atom stereocenters. The van der Waals surface area contributed by atoms with Crippen LogP contribution in [0.4, 0.5) is 5.69 Å². The first-order chi connectivity index (χ1) is 15.5. The minimum atomic E-state index is -0.404. The summed E-state index contributed by atoms with van der Waals surface area (Å²) in [6.45, 7) is 2.00. The van der Waals surface area contributed by atoms with Gasteiger partial charge in [0.05, 0.1) is 25.4 Å². The Labute approximate surface area is 186 Å². The molecule has 0 aliphatic heterocycles. The number of furan rings is 1. The summed E-state index contributed by atoms with van der Waals surface area (Å²) in [5.74, 6) is 5.57. The van der Waals surface area contributed by atoms with E-state index >= 15 is 0 Å². The van der Waals surface area contributed by atoms with Crippen molar-refractivity contribution in [3.05, 3.63) is 101 Å². The van der Waals surface area contributed by atoms with Crippen LogP contribution in [0.1, 0.15) is 32.6 Å². The lowest BCUT2D eigenvalue weighted by atomic mass is 10.1. The van der Waals surface area contributed by atoms with Gasteiger partial charge >= 0.3 is 5.97 Å². The highest BCUT2D eigenvalue weighted by molar-refractivity contribution is 5.95. The topological polar surface area (TPSA) is 68.5 Å². The number of aryl methyl sites for hydroxylation is 1. The van der Waals surface area contributed by atoms with Crippen LogP contribution in [0.3, 0.4) is 0 Å². The molecule has 0 saturated heterocycles. The first-order valence-corrected chi connectivity index (χ1v) is 10.1. The summed E-state index contributed by atoms with van der Waals surface area (Å²) in [5.41, 5.74) is 5.29. The van der Waals surface area contributed by atoms with Crippen molar-refractivity contribution in [2.45, 2.75) is 13.3 Å². The molecule has 0 saturated carbocycles. The summed E-state index contributed by atoms with van der Waals surface area (Å²) in [7, 11) is 1.34. The highest BCUT2D eigenvalue weighted by Gasteiger charge is 2.11. The highest BCUT2D eigenvalue weighted by atomic mass is 16.5. The predicted molar refractivity (Wildman–Crippen MR) is 123 cm³/mol. The van der Waals surface area contributed by atoms with Gasteiger partial charge in [0, 0.05) is 27.8 Å². The number of fused-ring (bicyclic) bond motifs is 1. The molecule has 32 heavy (non-hydrogen) atoms. The number of nitrogens with one attached hydrogen (secondary N) is 1. The lowest BCUT2D eigenvalue weighted by Crippen LogP contribution is -2.14. The normalized spacial score (nSPS) is 10.3. The molecule has 3 aromatic carbocycles. The van der Waals surface area contributed by atoms with Crippen LogP contribution in [-0.2, 0) is 16.0 Å². The lowest BCUT2D eigenvalue weighted by molar-refractivity contribution is -0.115. The van der Waals surface area contributed by atoms with Gasteiger partial charge in [-0.25, -0.2) is 4.79 Å². The number of benzene rings is 3. The van der Waals surface area contributed by atoms with E-state index in [2.05, 4.69) is 17.2 Å². The van der Waals surface area contributed by atoms with Crippen molar-refractivity contribution >= 4 is 28.5 Å². The van der Waals surface area contributed by atoms with Crippen molar-refractivity contribution < 1.29 is 18.7 Å². The van der Waals surface area contributed by atoms with Crippen molar-refractivity contribution in [3.8, 4) is 11.8 Å². The summed E-state index contributed by atoms with van der Waals surface area (Å²) in [6, 6.07) is 20.2. The number of carbonyl (C=O) groups excluding carboxylic acids is 2. The third-order valence-corrected chi connectivity index (χ3v) is 4.94. The van der Waals surface area contributed by atoms with Crippen molar-refractivity contribution in [1.82, 2.24) is 0 Å². The Bertz CT molecular complexity index is 1370. The first-order valence-electron chi connectivity index (χ1n) is 10.1. The first kappa shape index (κ1) is 21.0. The van der Waals surface area contributed by atoms with Crippen LogP contribution in [0.2, 0.25) is 0 Å². The Morgan fingerprint density at radius 2 is 1.72 bits per heavy atom. The van der Waals surface area contributed by atoms with E-state index in [1.54, 1.807) is 24.5 Å². The molecule has 5 nitrogen and oxygen atoms in total. The van der Waals surface area contributed by atoms with E-state index in [1.165, 1.54) is 7.11 Å². The maximum absolute atomic E-state index is 12.6. The largest absolute Gasteiger partial charge is 0.465 e. The maximum Gasteiger partial charge on any atom is 0.337 e. The average Bonchev–Trinajstić information content (AvgIpc) is 3.19. The number of methoxy groups -OCH3 is 1. The van der Waals surface area contributed by atoms with Gasteiger partial charge in [0.25, 0.3) is 0 Å². The second kappa shape index (κ2) is 9.23. The lowest BCUT2D eigenvalue weighted by Gasteiger charge is -2.05. The third kappa shape index (κ3) is 4.88. The third-order valence-electron chi connectivity index (χ3n) is 4.94. The van der Waals surface area contributed by atoms with Crippen molar-refractivity contribution in [3.63, 3.8) is 0 Å². The SMILES string of the molecule is COC(=O)c1cccc(C#Cc2cccc(NC(=O)Cc3coc4cc(C)ccc34)c2)c1. The Balaban J connectivity index is 1.46. The van der Waals surface area contributed by atoms with Crippen molar-refractivity contribution in [1.29, 1.82) is 0 Å². The summed E-state index contributed by atoms with van der Waals surface area (Å²) in [5, 5.41) is 3.86. The number of rotatable bonds is 4. The van der Waals surface area contributed by atoms with E-state index in [4.69, 9.17) is 9.15 Å². The molecular weight excluding hydrogens is 402 g/mol. The Morgan fingerprint density at radius 1 is 0.969 bits per heavy atom. The van der Waals surface area contributed by atoms with Crippen molar-refractivity contribution in [2.24, 2.45) is 0 Å². The molecule has 0 spiro atoms. The summed E-state index contributed by atoms with van der Waals surface area (Å²) < 4.78 is 10.3. The molecule has 0 aliphatic carbocycles. The van der Waals surface area contributed by atoms with Crippen molar-refractivity contribution in [2.75, 3.05) is 12.4 Å². The maximum atomic E-state index is 12.6. The Hall–Kier alpha value is -4.30. The molecule has 0 atom stereocenters. The number of esters is 1. The number of hydrogen-bond acceptors (Lipinski definition) is 4. The zero-order valence-electron chi connectivity index (χ0n) is 17.8. The molecule has 0 bridgehead atoms. The molecule has 1 N–H and O–H groups in total. The van der Waals surface area contributed by atoms with Gasteiger partial charge < -0.3 is 14.5 Å². The molecule has 0 aliphatic rings. The summed E-state index contributed by atoms with van der Waals surface area (Å²) >= 11 is 0. The molecule has 1 amide bonds. The van der Waals surface area contributed by atoms with E-state index in [-0.39, 0.29) is 12.3 Å². The molecule has 1 aromatic heterocycles. The minimum absolute atomic E-state index is 0.135. The minimum Gasteiger partial charge on any atom is -0.465 e. The van der Waals surface area contributed by atoms with Gasteiger partial charge in [-0.1, -0.05) is 36.1 Å². The van der Waals surface area contributed by atoms with E-state index in [0.29, 0.717) is 16.8 Å². The smallest absolute Gasteiger partial charge is 0.337 e. The van der Waals surface area contributed by atoms with Crippen LogP contribution in [0, 0.1) is 18.8 Å². The number of anilines is 1. The molecule has 0 radical (unpaired) electrons. The van der Waals surface area contributed by atoms with Crippen LogP contribution in [0.25, 0.3) is 11.0 Å². The van der Waals surface area contributed by atoms with E-state index in [0.717, 1.165) is 27.7 Å². The second-order valence-electron chi connectivity index (χ2n) is 7.39. The van der Waals surface area contributed by atoms with Gasteiger partial charge in [0.1, 0.15) is 5.58 Å². The standard InChI is InChI=1S/C27H21NO4/c1-18-9-12-24-22(17-32-25(24)13-18)16-26(29)28-23-8-4-6-20(15-23)11-10-19-5-3-7-21(14-19)27(30)31-2/h3-9,12-15,17H,16H2,1-2H3,(H,28,29). The Morgan fingerprint density at radius 3 is 2.50 bits per heavy atom. The molecule has 4 rings (SSSR count). The average molecular weight is 423 g/mol. The quantitative estimate of drug-likeness (QED) is 0.366. The molecule has 0 fully saturated rings. The van der Waals surface area contributed by atoms with Crippen LogP contribution in [0.5, 0.6) is 0 Å². The predicted octanol–water partition coefficient (Wildman–Crippen LogP) is 5.11. The number of amides is 1.